The maximum atomic E-state index is 13.9. The maximum Gasteiger partial charge on any atom is 0.123 e. The fourth-order valence-corrected chi connectivity index (χ4v) is 5.47. The second-order valence-corrected chi connectivity index (χ2v) is 13.0. The van der Waals surface area contributed by atoms with Crippen molar-refractivity contribution in [1.29, 1.82) is 5.26 Å². The molecule has 3 unspecified atom stereocenters. The molecule has 0 amide bonds. The number of aromatic nitrogens is 1. The molecule has 3 aromatic carbocycles. The zero-order valence-corrected chi connectivity index (χ0v) is 28.0. The SMILES string of the molecule is CCC(Nc1c(C#N)cnc2c(Cl)cc(NC(/C(N)=C/N(N)CCC(O)CNC(C)(C)C)c3ccc(F)cc3)cc12)c1ccccc1. The minimum Gasteiger partial charge on any atom is -0.399 e. The molecule has 11 heteroatoms. The van der Waals surface area contributed by atoms with Crippen LogP contribution in [0.5, 0.6) is 0 Å². The number of nitrogens with two attached hydrogens (primary N) is 2. The minimum absolute atomic E-state index is 0.0619. The van der Waals surface area contributed by atoms with Crippen molar-refractivity contribution in [1.82, 2.24) is 15.3 Å². The molecule has 4 rings (SSSR count). The van der Waals surface area contributed by atoms with Gasteiger partial charge in [0.1, 0.15) is 11.9 Å². The number of hydrazine groups is 1. The molecule has 0 saturated heterocycles. The van der Waals surface area contributed by atoms with Crippen molar-refractivity contribution >= 4 is 33.9 Å². The highest BCUT2D eigenvalue weighted by Crippen LogP contribution is 2.37. The second kappa shape index (κ2) is 15.9. The van der Waals surface area contributed by atoms with Crippen LogP contribution in [0.1, 0.15) is 69.3 Å². The molecule has 1 heterocycles. The molecule has 0 aliphatic heterocycles. The number of aliphatic hydroxyl groups excluding tert-OH is 1. The first kappa shape index (κ1) is 35.5. The van der Waals surface area contributed by atoms with Gasteiger partial charge in [-0.2, -0.15) is 5.26 Å². The number of hydrogen-bond acceptors (Lipinski definition) is 9. The Morgan fingerprint density at radius 2 is 1.81 bits per heavy atom. The topological polar surface area (TPSA) is 148 Å². The number of rotatable bonds is 14. The van der Waals surface area contributed by atoms with Gasteiger partial charge in [-0.05, 0) is 69.0 Å². The Bertz CT molecular complexity index is 1700. The molecule has 0 aliphatic rings. The lowest BCUT2D eigenvalue weighted by molar-refractivity contribution is 0.140. The average molecular weight is 659 g/mol. The van der Waals surface area contributed by atoms with Gasteiger partial charge in [0.2, 0.25) is 0 Å². The number of benzene rings is 3. The van der Waals surface area contributed by atoms with Gasteiger partial charge in [-0.1, -0.05) is 61.0 Å². The number of pyridine rings is 1. The standard InChI is InChI=1S/C36H44ClFN8O/c1-5-32(23-9-7-6-8-10-23)45-33-25(19-39)20-42-35-29(33)17-27(18-30(35)37)44-34(24-11-13-26(38)14-12-24)31(40)22-46(41)16-15-28(47)21-43-36(2,3)4/h6-14,17-18,20,22,28,32,34,43-44,47H,5,15-16,21,40-41H2,1-4H3,(H,42,45)/b31-22-. The van der Waals surface area contributed by atoms with Crippen LogP contribution in [-0.4, -0.2) is 39.8 Å². The second-order valence-electron chi connectivity index (χ2n) is 12.6. The van der Waals surface area contributed by atoms with Crippen LogP contribution in [0.4, 0.5) is 15.8 Å². The largest absolute Gasteiger partial charge is 0.399 e. The first-order chi connectivity index (χ1) is 22.4. The van der Waals surface area contributed by atoms with Crippen molar-refractivity contribution in [2.24, 2.45) is 11.6 Å². The Hall–Kier alpha value is -4.40. The van der Waals surface area contributed by atoms with Crippen LogP contribution < -0.4 is 27.5 Å². The minimum atomic E-state index is -0.626. The number of anilines is 2. The summed E-state index contributed by atoms with van der Waals surface area (Å²) in [4.78, 5) is 4.49. The average Bonchev–Trinajstić information content (AvgIpc) is 3.04. The normalized spacial score (nSPS) is 13.9. The maximum absolute atomic E-state index is 13.9. The first-order valence-corrected chi connectivity index (χ1v) is 16.0. The fourth-order valence-electron chi connectivity index (χ4n) is 5.20. The predicted molar refractivity (Wildman–Crippen MR) is 189 cm³/mol. The predicted octanol–water partition coefficient (Wildman–Crippen LogP) is 6.73. The van der Waals surface area contributed by atoms with Gasteiger partial charge in [0.25, 0.3) is 0 Å². The molecule has 4 aromatic rings. The monoisotopic (exact) mass is 658 g/mol. The van der Waals surface area contributed by atoms with E-state index in [2.05, 4.69) is 33.9 Å². The lowest BCUT2D eigenvalue weighted by Gasteiger charge is -2.26. The van der Waals surface area contributed by atoms with Crippen LogP contribution >= 0.6 is 11.6 Å². The zero-order chi connectivity index (χ0) is 34.1. The van der Waals surface area contributed by atoms with E-state index in [1.165, 1.54) is 23.3 Å². The Morgan fingerprint density at radius 1 is 1.11 bits per heavy atom. The summed E-state index contributed by atoms with van der Waals surface area (Å²) in [6, 6.07) is 21.2. The van der Waals surface area contributed by atoms with Gasteiger partial charge in [0, 0.05) is 42.1 Å². The van der Waals surface area contributed by atoms with Crippen molar-refractivity contribution in [3.63, 3.8) is 0 Å². The number of aliphatic hydroxyl groups is 1. The van der Waals surface area contributed by atoms with Crippen LogP contribution in [0.3, 0.4) is 0 Å². The van der Waals surface area contributed by atoms with E-state index in [0.29, 0.717) is 63.6 Å². The van der Waals surface area contributed by atoms with E-state index in [9.17, 15) is 14.8 Å². The summed E-state index contributed by atoms with van der Waals surface area (Å²) in [5.41, 5.74) is 10.8. The molecule has 1 aromatic heterocycles. The summed E-state index contributed by atoms with van der Waals surface area (Å²) in [7, 11) is 0. The van der Waals surface area contributed by atoms with Crippen molar-refractivity contribution < 1.29 is 9.50 Å². The third kappa shape index (κ3) is 9.80. The third-order valence-corrected chi connectivity index (χ3v) is 8.01. The van der Waals surface area contributed by atoms with Crippen molar-refractivity contribution in [2.45, 2.75) is 64.3 Å². The van der Waals surface area contributed by atoms with Crippen molar-refractivity contribution in [3.8, 4) is 6.07 Å². The molecule has 0 saturated carbocycles. The van der Waals surface area contributed by atoms with Gasteiger partial charge < -0.3 is 31.8 Å². The molecule has 0 aliphatic carbocycles. The Balaban J connectivity index is 1.67. The number of hydrogen-bond donors (Lipinski definition) is 6. The fraction of sp³-hybridized carbons (Fsp3) is 0.333. The molecule has 9 nitrogen and oxygen atoms in total. The van der Waals surface area contributed by atoms with Crippen LogP contribution in [0.2, 0.25) is 5.02 Å². The zero-order valence-electron chi connectivity index (χ0n) is 27.3. The molecule has 0 spiro atoms. The lowest BCUT2D eigenvalue weighted by Crippen LogP contribution is -2.42. The summed E-state index contributed by atoms with van der Waals surface area (Å²) >= 11 is 6.79. The van der Waals surface area contributed by atoms with Crippen LogP contribution in [0.25, 0.3) is 10.9 Å². The van der Waals surface area contributed by atoms with E-state index < -0.39 is 12.1 Å². The molecule has 0 bridgehead atoms. The molecule has 47 heavy (non-hydrogen) atoms. The van der Waals surface area contributed by atoms with Crippen molar-refractivity contribution in [2.75, 3.05) is 23.7 Å². The van der Waals surface area contributed by atoms with Gasteiger partial charge in [-0.15, -0.1) is 0 Å². The highest BCUT2D eigenvalue weighted by Gasteiger charge is 2.20. The van der Waals surface area contributed by atoms with Gasteiger partial charge in [0.05, 0.1) is 45.7 Å². The number of β-amino-alcohol motifs (C(OH)–C–C–N with tert-alkyl or cyclic N) is 1. The Labute approximate surface area is 281 Å². The van der Waals surface area contributed by atoms with Crippen LogP contribution in [-0.2, 0) is 0 Å². The van der Waals surface area contributed by atoms with E-state index in [1.54, 1.807) is 24.4 Å². The van der Waals surface area contributed by atoms with Crippen LogP contribution in [0.15, 0.2) is 84.8 Å². The molecule has 0 radical (unpaired) electrons. The number of nitriles is 1. The summed E-state index contributed by atoms with van der Waals surface area (Å²) < 4.78 is 13.9. The quantitative estimate of drug-likeness (QED) is 0.0641. The molecule has 248 valence electrons. The third-order valence-electron chi connectivity index (χ3n) is 7.73. The van der Waals surface area contributed by atoms with Crippen LogP contribution in [0, 0.1) is 17.1 Å². The molecule has 8 N–H and O–H groups in total. The van der Waals surface area contributed by atoms with Crippen molar-refractivity contribution in [3.05, 3.63) is 112 Å². The Morgan fingerprint density at radius 3 is 2.45 bits per heavy atom. The summed E-state index contributed by atoms with van der Waals surface area (Å²) in [6.07, 6.45) is 3.73. The van der Waals surface area contributed by atoms with E-state index in [4.69, 9.17) is 23.2 Å². The smallest absolute Gasteiger partial charge is 0.123 e. The van der Waals surface area contributed by atoms with E-state index >= 15 is 0 Å². The molecule has 0 fully saturated rings. The molecule has 3 atom stereocenters. The first-order valence-electron chi connectivity index (χ1n) is 15.7. The van der Waals surface area contributed by atoms with Gasteiger partial charge in [-0.3, -0.25) is 4.98 Å². The molecular formula is C36H44ClFN8O. The Kier molecular flexibility index (Phi) is 12.0. The van der Waals surface area contributed by atoms with Gasteiger partial charge >= 0.3 is 0 Å². The summed E-state index contributed by atoms with van der Waals surface area (Å²) in [5, 5.41) is 33.2. The van der Waals surface area contributed by atoms with E-state index in [-0.39, 0.29) is 17.4 Å². The number of nitrogens with zero attached hydrogens (tertiary/aromatic N) is 3. The highest BCUT2D eigenvalue weighted by atomic mass is 35.5. The van der Waals surface area contributed by atoms with Gasteiger partial charge in [-0.25, -0.2) is 10.2 Å². The number of nitrogens with one attached hydrogen (secondary N) is 3. The van der Waals surface area contributed by atoms with E-state index in [1.807, 2.05) is 57.2 Å². The van der Waals surface area contributed by atoms with Gasteiger partial charge in [0.15, 0.2) is 0 Å². The number of halogens is 2. The summed E-state index contributed by atoms with van der Waals surface area (Å²) in [5.74, 6) is 5.91. The van der Waals surface area contributed by atoms with E-state index in [0.717, 1.165) is 12.0 Å². The lowest BCUT2D eigenvalue weighted by atomic mass is 10.0. The highest BCUT2D eigenvalue weighted by molar-refractivity contribution is 6.35. The number of fused-ring (bicyclic) bond motifs is 1. The summed E-state index contributed by atoms with van der Waals surface area (Å²) in [6.45, 7) is 8.96. The molecular weight excluding hydrogens is 615 g/mol.